The fourth-order valence-electron chi connectivity index (χ4n) is 1.46. The summed E-state index contributed by atoms with van der Waals surface area (Å²) in [4.78, 5) is 0. The maximum Gasteiger partial charge on any atom is 0.120 e. The van der Waals surface area contributed by atoms with E-state index < -0.39 is 0 Å². The Hall–Kier alpha value is -0.770. The summed E-state index contributed by atoms with van der Waals surface area (Å²) in [6, 6.07) is 5.53. The van der Waals surface area contributed by atoms with E-state index in [0.717, 1.165) is 24.2 Å². The van der Waals surface area contributed by atoms with Crippen molar-refractivity contribution < 1.29 is 14.9 Å². The Bertz CT molecular complexity index is 324. The highest BCUT2D eigenvalue weighted by Crippen LogP contribution is 2.24. The van der Waals surface area contributed by atoms with Gasteiger partial charge in [0.05, 0.1) is 7.11 Å². The van der Waals surface area contributed by atoms with Crippen molar-refractivity contribution in [1.82, 2.24) is 0 Å². The molecule has 0 saturated heterocycles. The van der Waals surface area contributed by atoms with Crippen LogP contribution in [-0.2, 0) is 6.42 Å². The van der Waals surface area contributed by atoms with Crippen molar-refractivity contribution in [2.75, 3.05) is 20.3 Å². The van der Waals surface area contributed by atoms with Crippen LogP contribution in [0, 0.1) is 5.92 Å². The summed E-state index contributed by atoms with van der Waals surface area (Å²) in [5, 5.41) is 18.5. The summed E-state index contributed by atoms with van der Waals surface area (Å²) >= 11 is 6.07. The summed E-state index contributed by atoms with van der Waals surface area (Å²) in [7, 11) is 1.60. The van der Waals surface area contributed by atoms with Crippen LogP contribution in [0.1, 0.15) is 12.0 Å². The zero-order valence-electron chi connectivity index (χ0n) is 9.32. The lowest BCUT2D eigenvalue weighted by Crippen LogP contribution is -2.11. The molecule has 0 aromatic heterocycles. The first-order valence-electron chi connectivity index (χ1n) is 5.25. The number of halogens is 1. The molecular weight excluding hydrogens is 228 g/mol. The van der Waals surface area contributed by atoms with Gasteiger partial charge in [0.2, 0.25) is 0 Å². The van der Waals surface area contributed by atoms with Crippen LogP contribution in [-0.4, -0.2) is 30.5 Å². The van der Waals surface area contributed by atoms with Gasteiger partial charge < -0.3 is 14.9 Å². The van der Waals surface area contributed by atoms with E-state index in [-0.39, 0.29) is 19.1 Å². The highest BCUT2D eigenvalue weighted by Gasteiger charge is 2.08. The van der Waals surface area contributed by atoms with E-state index in [0.29, 0.717) is 5.02 Å². The molecule has 0 unspecified atom stereocenters. The first kappa shape index (κ1) is 13.3. The molecule has 0 amide bonds. The van der Waals surface area contributed by atoms with E-state index in [1.54, 1.807) is 13.2 Å². The molecule has 0 heterocycles. The standard InChI is InChI=1S/C12H17ClO3/c1-16-11-5-4-10(12(13)6-11)3-2-9(7-14)8-15/h4-6,9,14-15H,2-3,7-8H2,1H3. The molecule has 1 rings (SSSR count). The Balaban J connectivity index is 2.60. The van der Waals surface area contributed by atoms with Crippen LogP contribution in [0.2, 0.25) is 5.02 Å². The summed E-state index contributed by atoms with van der Waals surface area (Å²) in [6.45, 7) is 0.00848. The molecule has 3 nitrogen and oxygen atoms in total. The third-order valence-corrected chi connectivity index (χ3v) is 2.95. The zero-order valence-corrected chi connectivity index (χ0v) is 10.1. The van der Waals surface area contributed by atoms with Crippen molar-refractivity contribution >= 4 is 11.6 Å². The number of aliphatic hydroxyl groups excluding tert-OH is 2. The van der Waals surface area contributed by atoms with E-state index in [4.69, 9.17) is 26.6 Å². The molecular formula is C12H17ClO3. The molecule has 0 aliphatic heterocycles. The van der Waals surface area contributed by atoms with E-state index >= 15 is 0 Å². The Kier molecular flexibility index (Phi) is 5.60. The van der Waals surface area contributed by atoms with Gasteiger partial charge in [0, 0.05) is 24.2 Å². The number of methoxy groups -OCH3 is 1. The Morgan fingerprint density at radius 1 is 1.31 bits per heavy atom. The number of aliphatic hydroxyl groups is 2. The number of benzene rings is 1. The van der Waals surface area contributed by atoms with Gasteiger partial charge in [0.25, 0.3) is 0 Å². The number of hydrogen-bond donors (Lipinski definition) is 2. The number of hydrogen-bond acceptors (Lipinski definition) is 3. The minimum Gasteiger partial charge on any atom is -0.497 e. The topological polar surface area (TPSA) is 49.7 Å². The predicted octanol–water partition coefficient (Wildman–Crippen LogP) is 1.88. The van der Waals surface area contributed by atoms with Crippen LogP contribution in [0.15, 0.2) is 18.2 Å². The molecule has 0 saturated carbocycles. The molecule has 0 fully saturated rings. The lowest BCUT2D eigenvalue weighted by molar-refractivity contribution is 0.144. The van der Waals surface area contributed by atoms with Gasteiger partial charge in [-0.05, 0) is 30.5 Å². The second kappa shape index (κ2) is 6.74. The lowest BCUT2D eigenvalue weighted by atomic mass is 10.0. The summed E-state index contributed by atoms with van der Waals surface area (Å²) in [5.41, 5.74) is 1.01. The van der Waals surface area contributed by atoms with Gasteiger partial charge in [0.1, 0.15) is 5.75 Å². The average Bonchev–Trinajstić information content (AvgIpc) is 2.32. The zero-order chi connectivity index (χ0) is 12.0. The van der Waals surface area contributed by atoms with Crippen LogP contribution < -0.4 is 4.74 Å². The van der Waals surface area contributed by atoms with Crippen molar-refractivity contribution in [3.8, 4) is 5.75 Å². The van der Waals surface area contributed by atoms with Crippen molar-refractivity contribution in [3.05, 3.63) is 28.8 Å². The second-order valence-electron chi connectivity index (χ2n) is 3.73. The number of aryl methyl sites for hydroxylation is 1. The summed E-state index contributed by atoms with van der Waals surface area (Å²) < 4.78 is 5.05. The third kappa shape index (κ3) is 3.67. The molecule has 4 heteroatoms. The van der Waals surface area contributed by atoms with E-state index in [1.807, 2.05) is 12.1 Å². The average molecular weight is 245 g/mol. The Labute approximate surface area is 101 Å². The maximum atomic E-state index is 8.94. The van der Waals surface area contributed by atoms with Crippen LogP contribution in [0.4, 0.5) is 0 Å². The Morgan fingerprint density at radius 2 is 2.00 bits per heavy atom. The molecule has 0 spiro atoms. The largest absolute Gasteiger partial charge is 0.497 e. The van der Waals surface area contributed by atoms with E-state index in [2.05, 4.69) is 0 Å². The predicted molar refractivity (Wildman–Crippen MR) is 64.0 cm³/mol. The highest BCUT2D eigenvalue weighted by atomic mass is 35.5. The summed E-state index contributed by atoms with van der Waals surface area (Å²) in [5.74, 6) is 0.660. The lowest BCUT2D eigenvalue weighted by Gasteiger charge is -2.11. The maximum absolute atomic E-state index is 8.94. The fraction of sp³-hybridized carbons (Fsp3) is 0.500. The van der Waals surface area contributed by atoms with Crippen LogP contribution >= 0.6 is 11.6 Å². The molecule has 1 aromatic rings. The highest BCUT2D eigenvalue weighted by molar-refractivity contribution is 6.31. The van der Waals surface area contributed by atoms with Gasteiger partial charge in [0.15, 0.2) is 0 Å². The minimum absolute atomic E-state index is 0.00424. The first-order valence-corrected chi connectivity index (χ1v) is 5.63. The van der Waals surface area contributed by atoms with Crippen molar-refractivity contribution in [1.29, 1.82) is 0 Å². The normalized spacial score (nSPS) is 10.8. The number of ether oxygens (including phenoxy) is 1. The molecule has 16 heavy (non-hydrogen) atoms. The Morgan fingerprint density at radius 3 is 2.50 bits per heavy atom. The molecule has 1 aromatic carbocycles. The van der Waals surface area contributed by atoms with E-state index in [1.165, 1.54) is 0 Å². The fourth-order valence-corrected chi connectivity index (χ4v) is 1.72. The van der Waals surface area contributed by atoms with E-state index in [9.17, 15) is 0 Å². The van der Waals surface area contributed by atoms with Gasteiger partial charge in [-0.1, -0.05) is 17.7 Å². The van der Waals surface area contributed by atoms with Gasteiger partial charge in [-0.3, -0.25) is 0 Å². The molecule has 2 N–H and O–H groups in total. The third-order valence-electron chi connectivity index (χ3n) is 2.60. The van der Waals surface area contributed by atoms with Crippen molar-refractivity contribution in [2.24, 2.45) is 5.92 Å². The molecule has 90 valence electrons. The van der Waals surface area contributed by atoms with Crippen molar-refractivity contribution in [2.45, 2.75) is 12.8 Å². The second-order valence-corrected chi connectivity index (χ2v) is 4.13. The smallest absolute Gasteiger partial charge is 0.120 e. The molecule has 0 bridgehead atoms. The van der Waals surface area contributed by atoms with Gasteiger partial charge >= 0.3 is 0 Å². The van der Waals surface area contributed by atoms with Crippen LogP contribution in [0.25, 0.3) is 0 Å². The van der Waals surface area contributed by atoms with Gasteiger partial charge in [-0.15, -0.1) is 0 Å². The SMILES string of the molecule is COc1ccc(CCC(CO)CO)c(Cl)c1. The number of rotatable bonds is 6. The molecule has 0 aliphatic carbocycles. The van der Waals surface area contributed by atoms with Gasteiger partial charge in [-0.25, -0.2) is 0 Å². The van der Waals surface area contributed by atoms with Gasteiger partial charge in [-0.2, -0.15) is 0 Å². The molecule has 0 aliphatic rings. The molecule has 0 radical (unpaired) electrons. The summed E-state index contributed by atoms with van der Waals surface area (Å²) in [6.07, 6.45) is 1.47. The van der Waals surface area contributed by atoms with Crippen LogP contribution in [0.3, 0.4) is 0 Å². The minimum atomic E-state index is -0.0711. The quantitative estimate of drug-likeness (QED) is 0.804. The van der Waals surface area contributed by atoms with Crippen molar-refractivity contribution in [3.63, 3.8) is 0 Å². The van der Waals surface area contributed by atoms with Crippen LogP contribution in [0.5, 0.6) is 5.75 Å². The molecule has 0 atom stereocenters. The monoisotopic (exact) mass is 244 g/mol. The first-order chi connectivity index (χ1) is 7.71.